The Morgan fingerprint density at radius 1 is 1.15 bits per heavy atom. The van der Waals surface area contributed by atoms with Crippen LogP contribution < -0.4 is 14.2 Å². The van der Waals surface area contributed by atoms with Crippen LogP contribution in [0.2, 0.25) is 0 Å². The summed E-state index contributed by atoms with van der Waals surface area (Å²) >= 11 is 0. The maximum Gasteiger partial charge on any atom is 0.210 e. The minimum Gasteiger partial charge on any atom is -0.504 e. The van der Waals surface area contributed by atoms with Gasteiger partial charge in [0.1, 0.15) is 5.75 Å². The molecule has 26 heavy (non-hydrogen) atoms. The molecule has 1 aliphatic heterocycles. The average molecular weight is 357 g/mol. The molecule has 0 spiro atoms. The first-order chi connectivity index (χ1) is 12.6. The third kappa shape index (κ3) is 3.14. The molecule has 2 aromatic rings. The van der Waals surface area contributed by atoms with E-state index in [4.69, 9.17) is 14.2 Å². The van der Waals surface area contributed by atoms with Crippen molar-refractivity contribution in [1.29, 1.82) is 0 Å². The maximum absolute atomic E-state index is 11.6. The molecule has 0 aromatic heterocycles. The first-order valence-electron chi connectivity index (χ1n) is 8.43. The molecular weight excluding hydrogens is 334 g/mol. The van der Waals surface area contributed by atoms with Crippen molar-refractivity contribution in [1.82, 2.24) is 4.90 Å². The number of carbonyl (C=O) groups excluding carboxylic acids is 1. The summed E-state index contributed by atoms with van der Waals surface area (Å²) < 4.78 is 15.9. The molecule has 1 aliphatic rings. The molecular formula is C20H23NO5. The van der Waals surface area contributed by atoms with Crippen molar-refractivity contribution in [3.63, 3.8) is 0 Å². The van der Waals surface area contributed by atoms with Crippen LogP contribution in [0.25, 0.3) is 0 Å². The number of rotatable bonds is 6. The Hall–Kier alpha value is -2.89. The van der Waals surface area contributed by atoms with E-state index in [2.05, 4.69) is 0 Å². The Morgan fingerprint density at radius 2 is 1.88 bits per heavy atom. The van der Waals surface area contributed by atoms with Crippen LogP contribution >= 0.6 is 0 Å². The summed E-state index contributed by atoms with van der Waals surface area (Å²) in [7, 11) is 4.65. The summed E-state index contributed by atoms with van der Waals surface area (Å²) in [5.41, 5.74) is 2.73. The number of amides is 1. The molecule has 0 fully saturated rings. The molecule has 0 aliphatic carbocycles. The summed E-state index contributed by atoms with van der Waals surface area (Å²) in [5, 5.41) is 10.8. The Bertz CT molecular complexity index is 788. The molecule has 1 unspecified atom stereocenters. The fourth-order valence-corrected chi connectivity index (χ4v) is 3.52. The zero-order valence-corrected chi connectivity index (χ0v) is 15.2. The fraction of sp³-hybridized carbons (Fsp3) is 0.350. The molecule has 1 heterocycles. The predicted molar refractivity (Wildman–Crippen MR) is 97.1 cm³/mol. The van der Waals surface area contributed by atoms with Crippen LogP contribution in [0.3, 0.4) is 0 Å². The molecule has 0 saturated heterocycles. The molecule has 6 heteroatoms. The number of phenols is 1. The van der Waals surface area contributed by atoms with Gasteiger partial charge in [-0.1, -0.05) is 12.1 Å². The number of hydrogen-bond donors (Lipinski definition) is 1. The van der Waals surface area contributed by atoms with Gasteiger partial charge in [0, 0.05) is 12.1 Å². The Labute approximate surface area is 152 Å². The molecule has 1 atom stereocenters. The number of phenolic OH excluding ortho intramolecular Hbond substituents is 1. The van der Waals surface area contributed by atoms with Gasteiger partial charge in [-0.3, -0.25) is 4.79 Å². The van der Waals surface area contributed by atoms with E-state index in [-0.39, 0.29) is 11.8 Å². The molecule has 0 saturated carbocycles. The van der Waals surface area contributed by atoms with E-state index < -0.39 is 0 Å². The number of hydrogen-bond acceptors (Lipinski definition) is 5. The average Bonchev–Trinajstić information content (AvgIpc) is 2.68. The number of carbonyl (C=O) groups is 1. The summed E-state index contributed by atoms with van der Waals surface area (Å²) in [6.45, 7) is 0.590. The fourth-order valence-electron chi connectivity index (χ4n) is 3.52. The molecule has 6 nitrogen and oxygen atoms in total. The smallest absolute Gasteiger partial charge is 0.210 e. The number of benzene rings is 2. The number of aromatic hydroxyl groups is 1. The van der Waals surface area contributed by atoms with Crippen LogP contribution in [0.15, 0.2) is 30.3 Å². The van der Waals surface area contributed by atoms with Gasteiger partial charge in [0.2, 0.25) is 12.2 Å². The third-order valence-corrected chi connectivity index (χ3v) is 4.87. The largest absolute Gasteiger partial charge is 0.504 e. The van der Waals surface area contributed by atoms with E-state index >= 15 is 0 Å². The Kier molecular flexibility index (Phi) is 5.21. The number of ether oxygens (including phenoxy) is 3. The van der Waals surface area contributed by atoms with Gasteiger partial charge in [-0.15, -0.1) is 0 Å². The lowest BCUT2D eigenvalue weighted by Crippen LogP contribution is -2.35. The number of nitrogens with zero attached hydrogens (tertiary/aromatic N) is 1. The highest BCUT2D eigenvalue weighted by molar-refractivity contribution is 5.62. The third-order valence-electron chi connectivity index (χ3n) is 4.87. The first-order valence-corrected chi connectivity index (χ1v) is 8.43. The molecule has 3 rings (SSSR count). The number of fused-ring (bicyclic) bond motifs is 1. The Morgan fingerprint density at radius 3 is 2.46 bits per heavy atom. The molecule has 0 radical (unpaired) electrons. The van der Waals surface area contributed by atoms with Gasteiger partial charge in [-0.05, 0) is 42.2 Å². The summed E-state index contributed by atoms with van der Waals surface area (Å²) in [6, 6.07) is 9.32. The minimum absolute atomic E-state index is 0.0342. The normalized spacial score (nSPS) is 16.0. The van der Waals surface area contributed by atoms with E-state index in [0.29, 0.717) is 30.9 Å². The summed E-state index contributed by atoms with van der Waals surface area (Å²) in [4.78, 5) is 13.3. The zero-order chi connectivity index (χ0) is 18.7. The van der Waals surface area contributed by atoms with E-state index in [9.17, 15) is 9.90 Å². The zero-order valence-electron chi connectivity index (χ0n) is 15.2. The van der Waals surface area contributed by atoms with E-state index in [1.165, 1.54) is 7.11 Å². The van der Waals surface area contributed by atoms with Crippen molar-refractivity contribution in [2.45, 2.75) is 18.9 Å². The van der Waals surface area contributed by atoms with Crippen LogP contribution in [0.4, 0.5) is 0 Å². The van der Waals surface area contributed by atoms with Crippen LogP contribution in [0, 0.1) is 0 Å². The van der Waals surface area contributed by atoms with Crippen molar-refractivity contribution in [2.24, 2.45) is 0 Å². The van der Waals surface area contributed by atoms with Crippen LogP contribution in [0.5, 0.6) is 23.0 Å². The summed E-state index contributed by atoms with van der Waals surface area (Å²) in [6.07, 6.45) is 2.08. The molecule has 0 bridgehead atoms. The molecule has 138 valence electrons. The second-order valence-corrected chi connectivity index (χ2v) is 6.19. The van der Waals surface area contributed by atoms with Crippen molar-refractivity contribution in [3.8, 4) is 23.0 Å². The van der Waals surface area contributed by atoms with Gasteiger partial charge in [0.05, 0.1) is 27.4 Å². The first kappa shape index (κ1) is 17.9. The predicted octanol–water partition coefficient (Wildman–Crippen LogP) is 2.72. The van der Waals surface area contributed by atoms with Gasteiger partial charge < -0.3 is 24.2 Å². The maximum atomic E-state index is 11.6. The van der Waals surface area contributed by atoms with Gasteiger partial charge in [-0.25, -0.2) is 0 Å². The Balaban J connectivity index is 2.04. The number of methoxy groups -OCH3 is 3. The molecule has 1 amide bonds. The summed E-state index contributed by atoms with van der Waals surface area (Å²) in [5.74, 6) is 1.59. The van der Waals surface area contributed by atoms with Gasteiger partial charge in [-0.2, -0.15) is 0 Å². The quantitative estimate of drug-likeness (QED) is 0.805. The van der Waals surface area contributed by atoms with E-state index in [0.717, 1.165) is 28.8 Å². The minimum atomic E-state index is -0.274. The molecule has 1 N–H and O–H groups in total. The van der Waals surface area contributed by atoms with E-state index in [1.807, 2.05) is 30.3 Å². The highest BCUT2D eigenvalue weighted by Gasteiger charge is 2.32. The lowest BCUT2D eigenvalue weighted by atomic mass is 9.87. The van der Waals surface area contributed by atoms with Crippen LogP contribution in [0.1, 0.15) is 22.7 Å². The van der Waals surface area contributed by atoms with E-state index in [1.54, 1.807) is 19.1 Å². The van der Waals surface area contributed by atoms with Crippen molar-refractivity contribution >= 4 is 6.41 Å². The second-order valence-electron chi connectivity index (χ2n) is 6.19. The van der Waals surface area contributed by atoms with Crippen LogP contribution in [-0.2, 0) is 17.6 Å². The van der Waals surface area contributed by atoms with Gasteiger partial charge in [0.25, 0.3) is 0 Å². The second kappa shape index (κ2) is 7.56. The standard InChI is InChI=1S/C20H23NO5/c1-24-15-6-4-13(5-7-15)10-16-18-14(8-9-21(16)12-22)11-17(25-2)20(26-3)19(18)23/h4-7,11-12,16,23H,8-10H2,1-3H3. The van der Waals surface area contributed by atoms with Crippen molar-refractivity contribution < 1.29 is 24.1 Å². The van der Waals surface area contributed by atoms with Crippen molar-refractivity contribution in [3.05, 3.63) is 47.0 Å². The lowest BCUT2D eigenvalue weighted by molar-refractivity contribution is -0.120. The van der Waals surface area contributed by atoms with Gasteiger partial charge >= 0.3 is 0 Å². The van der Waals surface area contributed by atoms with Gasteiger partial charge in [0.15, 0.2) is 11.5 Å². The van der Waals surface area contributed by atoms with Crippen molar-refractivity contribution in [2.75, 3.05) is 27.9 Å². The van der Waals surface area contributed by atoms with Crippen LogP contribution in [-0.4, -0.2) is 44.3 Å². The topological polar surface area (TPSA) is 68.2 Å². The highest BCUT2D eigenvalue weighted by atomic mass is 16.5. The lowest BCUT2D eigenvalue weighted by Gasteiger charge is -2.36. The highest BCUT2D eigenvalue weighted by Crippen LogP contribution is 2.47. The molecule has 2 aromatic carbocycles. The SMILES string of the molecule is COc1ccc(CC2c3c(cc(OC)c(OC)c3O)CCN2C=O)cc1. The monoisotopic (exact) mass is 357 g/mol.